The van der Waals surface area contributed by atoms with E-state index in [0.717, 1.165) is 0 Å². The van der Waals surface area contributed by atoms with Gasteiger partial charge in [-0.15, -0.1) is 0 Å². The Morgan fingerprint density at radius 3 is 0.964 bits per heavy atom. The zero-order valence-electron chi connectivity index (χ0n) is 12.6. The van der Waals surface area contributed by atoms with Gasteiger partial charge in [-0.2, -0.15) is 0 Å². The van der Waals surface area contributed by atoms with Crippen LogP contribution in [0.25, 0.3) is 0 Å². The molecule has 0 aliphatic carbocycles. The number of hydrogen-bond acceptors (Lipinski definition) is 20. The van der Waals surface area contributed by atoms with Crippen LogP contribution in [0.3, 0.4) is 0 Å². The molecule has 4 heterocycles. The van der Waals surface area contributed by atoms with Gasteiger partial charge in [0.25, 0.3) is 0 Å². The van der Waals surface area contributed by atoms with E-state index in [0.29, 0.717) is 0 Å². The van der Waals surface area contributed by atoms with E-state index in [9.17, 15) is 43.2 Å². The highest BCUT2D eigenvalue weighted by Crippen LogP contribution is 2.38. The van der Waals surface area contributed by atoms with Crippen molar-refractivity contribution in [3.8, 4) is 0 Å². The SMILES string of the molecule is O[SiH]1O[Si]2(O)O[Si]3(O)O[Si](O)(O)O[Si]4(O)O[Si](O)(O1)O[Si](O)(O2)O[Si](O)(O3)O4. The van der Waals surface area contributed by atoms with Crippen molar-refractivity contribution in [2.24, 2.45) is 0 Å². The topological polar surface area (TPSA) is 284 Å². The molecule has 162 valence electrons. The average Bonchev–Trinajstić information content (AvgIpc) is 2.24. The second-order valence-corrected chi connectivity index (χ2v) is 22.4. The van der Waals surface area contributed by atoms with Crippen molar-refractivity contribution < 1.29 is 88.4 Å². The summed E-state index contributed by atoms with van der Waals surface area (Å²) in [5, 5.41) is 0. The van der Waals surface area contributed by atoms with E-state index in [1.165, 1.54) is 0 Å². The first-order chi connectivity index (χ1) is 12.5. The van der Waals surface area contributed by atoms with Crippen molar-refractivity contribution in [3.05, 3.63) is 0 Å². The smallest absolute Gasteiger partial charge is 0.393 e. The minimum atomic E-state index is -5.72. The van der Waals surface area contributed by atoms with E-state index in [4.69, 9.17) is 0 Å². The minimum absolute atomic E-state index is 4.25. The highest BCUT2D eigenvalue weighted by atomic mass is 28.6. The van der Waals surface area contributed by atoms with Crippen molar-refractivity contribution in [1.82, 2.24) is 0 Å². The summed E-state index contributed by atoms with van der Waals surface area (Å²) in [5.74, 6) is 0. The molecule has 6 bridgehead atoms. The fourth-order valence-electron chi connectivity index (χ4n) is 2.16. The predicted molar refractivity (Wildman–Crippen MR) is 79.3 cm³/mol. The average molecular weight is 555 g/mol. The van der Waals surface area contributed by atoms with Gasteiger partial charge in [0, 0.05) is 0 Å². The molecule has 28 heavy (non-hydrogen) atoms. The summed E-state index contributed by atoms with van der Waals surface area (Å²) in [7, 11) is -43.6. The molecule has 0 amide bonds. The summed E-state index contributed by atoms with van der Waals surface area (Å²) in [6.45, 7) is 0. The molecule has 0 aromatic heterocycles. The van der Waals surface area contributed by atoms with Crippen LogP contribution in [0.1, 0.15) is 0 Å². The van der Waals surface area contributed by atoms with Crippen molar-refractivity contribution in [2.75, 3.05) is 0 Å². The van der Waals surface area contributed by atoms with Crippen LogP contribution < -0.4 is 0 Å². The molecule has 20 nitrogen and oxygen atoms in total. The van der Waals surface area contributed by atoms with Gasteiger partial charge in [0.2, 0.25) is 0 Å². The second kappa shape index (κ2) is 6.25. The molecular weight excluding hydrogens is 545 g/mol. The van der Waals surface area contributed by atoms with Gasteiger partial charge >= 0.3 is 72.9 Å². The summed E-state index contributed by atoms with van der Waals surface area (Å²) in [6, 6.07) is 0. The molecule has 0 radical (unpaired) electrons. The summed E-state index contributed by atoms with van der Waals surface area (Å²) in [4.78, 5) is 91.5. The maximum atomic E-state index is 10.4. The van der Waals surface area contributed by atoms with Crippen LogP contribution >= 0.6 is 0 Å². The van der Waals surface area contributed by atoms with Gasteiger partial charge in [-0.1, -0.05) is 0 Å². The zero-order chi connectivity index (χ0) is 20.9. The maximum Gasteiger partial charge on any atom is 0.662 e. The van der Waals surface area contributed by atoms with Crippen LogP contribution in [0, 0.1) is 0 Å². The third-order valence-electron chi connectivity index (χ3n) is 2.83. The van der Waals surface area contributed by atoms with Gasteiger partial charge in [0.05, 0.1) is 0 Å². The van der Waals surface area contributed by atoms with Crippen molar-refractivity contribution in [3.63, 3.8) is 0 Å². The van der Waals surface area contributed by atoms with E-state index in [-0.39, 0.29) is 0 Å². The van der Waals surface area contributed by atoms with Crippen molar-refractivity contribution >= 4 is 72.9 Å². The molecule has 0 saturated carbocycles. The van der Waals surface area contributed by atoms with Crippen LogP contribution in [0.2, 0.25) is 0 Å². The van der Waals surface area contributed by atoms with Gasteiger partial charge in [-0.3, -0.25) is 0 Å². The minimum Gasteiger partial charge on any atom is -0.393 e. The Morgan fingerprint density at radius 2 is 0.643 bits per heavy atom. The van der Waals surface area contributed by atoms with Gasteiger partial charge in [-0.25, -0.2) is 0 Å². The quantitative estimate of drug-likeness (QED) is 0.126. The Balaban J connectivity index is 1.93. The van der Waals surface area contributed by atoms with Crippen molar-refractivity contribution in [2.45, 2.75) is 0 Å². The molecule has 4 rings (SSSR count). The summed E-state index contributed by atoms with van der Waals surface area (Å²) in [5.41, 5.74) is 0. The highest BCUT2D eigenvalue weighted by Gasteiger charge is 2.83. The Morgan fingerprint density at radius 1 is 0.393 bits per heavy atom. The molecule has 4 atom stereocenters. The van der Waals surface area contributed by atoms with E-state index < -0.39 is 72.9 Å². The fraction of sp³-hybridized carbons (Fsp3) is 0. The molecule has 4 aliphatic heterocycles. The number of rotatable bonds is 0. The van der Waals surface area contributed by atoms with Crippen LogP contribution in [0.15, 0.2) is 0 Å². The van der Waals surface area contributed by atoms with Gasteiger partial charge in [0.1, 0.15) is 0 Å². The lowest BCUT2D eigenvalue weighted by Crippen LogP contribution is -2.85. The van der Waals surface area contributed by atoms with Crippen LogP contribution in [-0.4, -0.2) is 116 Å². The summed E-state index contributed by atoms with van der Waals surface area (Å²) in [6.07, 6.45) is 0. The fourth-order valence-corrected chi connectivity index (χ4v) is 27.3. The molecular formula is H10O20Si8. The molecule has 28 heteroatoms. The lowest BCUT2D eigenvalue weighted by molar-refractivity contribution is -0.109. The largest absolute Gasteiger partial charge is 0.662 e. The number of hydrogen-bond donors (Lipinski definition) is 9. The molecule has 4 aliphatic rings. The third kappa shape index (κ3) is 4.30. The van der Waals surface area contributed by atoms with Crippen LogP contribution in [0.5, 0.6) is 0 Å². The molecule has 0 aromatic carbocycles. The number of fused-ring (bicyclic) bond motifs is 4. The molecule has 4 fully saturated rings. The van der Waals surface area contributed by atoms with Gasteiger partial charge in [-0.05, 0) is 0 Å². The summed E-state index contributed by atoms with van der Waals surface area (Å²) < 4.78 is 50.2. The zero-order valence-corrected chi connectivity index (χ0v) is 20.7. The van der Waals surface area contributed by atoms with Gasteiger partial charge in [0.15, 0.2) is 0 Å². The normalized spacial score (nSPS) is 58.8. The molecule has 4 saturated heterocycles. The first-order valence-electron chi connectivity index (χ1n) is 6.60. The molecule has 0 aromatic rings. The first kappa shape index (κ1) is 22.1. The Kier molecular flexibility index (Phi) is 4.94. The summed E-state index contributed by atoms with van der Waals surface area (Å²) >= 11 is 0. The maximum absolute atomic E-state index is 10.4. The third-order valence-corrected chi connectivity index (χ3v) is 25.5. The highest BCUT2D eigenvalue weighted by molar-refractivity contribution is 6.92. The predicted octanol–water partition coefficient (Wildman–Crippen LogP) is -9.08. The van der Waals surface area contributed by atoms with E-state index in [2.05, 4.69) is 45.3 Å². The lowest BCUT2D eigenvalue weighted by atomic mass is 15.5. The Hall–Kier alpha value is 0.935. The second-order valence-electron chi connectivity index (χ2n) is 5.15. The van der Waals surface area contributed by atoms with E-state index in [1.807, 2.05) is 0 Å². The standard InChI is InChI=1S/H10O20Si8/c1-21-10-23(4)14-25(6)12-22(2,3)13-26(7)15-24(5,11-21)17-27(8,16-23)20-28(9,18-25)19-26/h1-9,21H. The van der Waals surface area contributed by atoms with Crippen LogP contribution in [0.4, 0.5) is 0 Å². The Bertz CT molecular complexity index is 597. The molecule has 0 spiro atoms. The van der Waals surface area contributed by atoms with E-state index >= 15 is 0 Å². The van der Waals surface area contributed by atoms with E-state index in [1.54, 1.807) is 0 Å². The lowest BCUT2D eigenvalue weighted by Gasteiger charge is -2.49. The monoisotopic (exact) mass is 554 g/mol. The van der Waals surface area contributed by atoms with Crippen molar-refractivity contribution in [1.29, 1.82) is 0 Å². The first-order valence-corrected chi connectivity index (χ1v) is 19.8. The Labute approximate surface area is 161 Å². The molecule has 4 unspecified atom stereocenters. The van der Waals surface area contributed by atoms with Crippen LogP contribution in [-0.2, 0) is 45.3 Å². The molecule has 9 N–H and O–H groups in total. The van der Waals surface area contributed by atoms with Gasteiger partial charge < -0.3 is 88.4 Å².